The molecule has 0 aliphatic carbocycles. The smallest absolute Gasteiger partial charge is 0.321 e. The van der Waals surface area contributed by atoms with Crippen molar-refractivity contribution in [1.82, 2.24) is 15.0 Å². The van der Waals surface area contributed by atoms with Crippen LogP contribution in [0.15, 0.2) is 53.1 Å². The first-order chi connectivity index (χ1) is 13.6. The van der Waals surface area contributed by atoms with Crippen molar-refractivity contribution in [3.05, 3.63) is 65.0 Å². The second-order valence-corrected chi connectivity index (χ2v) is 7.40. The van der Waals surface area contributed by atoms with Gasteiger partial charge in [0, 0.05) is 24.6 Å². The Balaban J connectivity index is 1.36. The summed E-state index contributed by atoms with van der Waals surface area (Å²) in [5.41, 5.74) is 2.62. The van der Waals surface area contributed by atoms with Crippen LogP contribution in [-0.2, 0) is 0 Å². The molecule has 3 aromatic rings. The number of likely N-dealkylation sites (tertiary alicyclic amines) is 1. The number of rotatable bonds is 3. The van der Waals surface area contributed by atoms with Gasteiger partial charge in [-0.25, -0.2) is 4.79 Å². The normalized spacial score (nSPS) is 14.9. The van der Waals surface area contributed by atoms with Crippen molar-refractivity contribution >= 4 is 23.3 Å². The number of anilines is 1. The highest BCUT2D eigenvalue weighted by Crippen LogP contribution is 2.29. The molecular formula is C21H21ClN4O2. The number of hydrogen-bond donors (Lipinski definition) is 1. The molecule has 0 atom stereocenters. The maximum absolute atomic E-state index is 12.6. The lowest BCUT2D eigenvalue weighted by atomic mass is 9.97. The summed E-state index contributed by atoms with van der Waals surface area (Å²) in [6, 6.07) is 15.2. The molecule has 28 heavy (non-hydrogen) atoms. The van der Waals surface area contributed by atoms with Gasteiger partial charge < -0.3 is 14.7 Å². The van der Waals surface area contributed by atoms with E-state index < -0.39 is 0 Å². The fraction of sp³-hybridized carbons (Fsp3) is 0.286. The number of urea groups is 1. The number of benzene rings is 2. The minimum absolute atomic E-state index is 0.138. The van der Waals surface area contributed by atoms with Crippen LogP contribution in [0.5, 0.6) is 0 Å². The summed E-state index contributed by atoms with van der Waals surface area (Å²) in [7, 11) is 0. The molecule has 7 heteroatoms. The molecule has 2 aromatic carbocycles. The van der Waals surface area contributed by atoms with Gasteiger partial charge in [-0.05, 0) is 37.5 Å². The SMILES string of the molecule is Cc1ccc(Cl)c(NC(=O)N2CCC(c3nc(-c4ccccc4)no3)CC2)c1. The molecule has 1 N–H and O–H groups in total. The van der Waals surface area contributed by atoms with Gasteiger partial charge in [-0.2, -0.15) is 4.98 Å². The summed E-state index contributed by atoms with van der Waals surface area (Å²) in [5, 5.41) is 7.54. The van der Waals surface area contributed by atoms with E-state index in [9.17, 15) is 4.79 Å². The van der Waals surface area contributed by atoms with Crippen molar-refractivity contribution in [3.63, 3.8) is 0 Å². The quantitative estimate of drug-likeness (QED) is 0.667. The zero-order valence-electron chi connectivity index (χ0n) is 15.6. The van der Waals surface area contributed by atoms with E-state index in [0.29, 0.717) is 35.5 Å². The molecule has 0 unspecified atom stereocenters. The van der Waals surface area contributed by atoms with Gasteiger partial charge in [-0.15, -0.1) is 0 Å². The Morgan fingerprint density at radius 3 is 2.68 bits per heavy atom. The molecule has 6 nitrogen and oxygen atoms in total. The van der Waals surface area contributed by atoms with Gasteiger partial charge in [-0.1, -0.05) is 53.2 Å². The van der Waals surface area contributed by atoms with Crippen LogP contribution in [0.25, 0.3) is 11.4 Å². The number of halogens is 1. The van der Waals surface area contributed by atoms with E-state index in [1.807, 2.05) is 49.4 Å². The fourth-order valence-corrected chi connectivity index (χ4v) is 3.53. The Kier molecular flexibility index (Phi) is 5.30. The standard InChI is InChI=1S/C21H21ClN4O2/c1-14-7-8-17(22)18(13-14)23-21(27)26-11-9-16(10-12-26)20-24-19(25-28-20)15-5-3-2-4-6-15/h2-8,13,16H,9-12H2,1H3,(H,23,27). The Bertz CT molecular complexity index is 966. The van der Waals surface area contributed by atoms with Gasteiger partial charge in [0.1, 0.15) is 0 Å². The third kappa shape index (κ3) is 4.02. The molecule has 1 aliphatic rings. The molecule has 0 bridgehead atoms. The highest BCUT2D eigenvalue weighted by molar-refractivity contribution is 6.33. The Morgan fingerprint density at radius 1 is 1.18 bits per heavy atom. The van der Waals surface area contributed by atoms with Crippen molar-refractivity contribution in [2.45, 2.75) is 25.7 Å². The predicted octanol–water partition coefficient (Wildman–Crippen LogP) is 5.11. The zero-order valence-corrected chi connectivity index (χ0v) is 16.3. The summed E-state index contributed by atoms with van der Waals surface area (Å²) < 4.78 is 5.48. The number of hydrogen-bond acceptors (Lipinski definition) is 4. The molecule has 0 spiro atoms. The average molecular weight is 397 g/mol. The highest BCUT2D eigenvalue weighted by Gasteiger charge is 2.28. The molecule has 1 aliphatic heterocycles. The summed E-state index contributed by atoms with van der Waals surface area (Å²) in [6.07, 6.45) is 1.57. The molecule has 144 valence electrons. The first-order valence-corrected chi connectivity index (χ1v) is 9.69. The molecule has 0 saturated carbocycles. The molecule has 1 aromatic heterocycles. The lowest BCUT2D eigenvalue weighted by Crippen LogP contribution is -2.40. The number of amides is 2. The first-order valence-electron chi connectivity index (χ1n) is 9.31. The summed E-state index contributed by atoms with van der Waals surface area (Å²) in [5.74, 6) is 1.40. The van der Waals surface area contributed by atoms with E-state index >= 15 is 0 Å². The third-order valence-corrected chi connectivity index (χ3v) is 5.30. The van der Waals surface area contributed by atoms with Crippen LogP contribution in [0, 0.1) is 6.92 Å². The molecule has 2 amide bonds. The second kappa shape index (κ2) is 8.02. The van der Waals surface area contributed by atoms with E-state index in [0.717, 1.165) is 24.0 Å². The number of piperidine rings is 1. The lowest BCUT2D eigenvalue weighted by molar-refractivity contribution is 0.187. The summed E-state index contributed by atoms with van der Waals surface area (Å²) in [4.78, 5) is 18.9. The van der Waals surface area contributed by atoms with Gasteiger partial charge in [0.25, 0.3) is 0 Å². The molecular weight excluding hydrogens is 376 g/mol. The van der Waals surface area contributed by atoms with Crippen LogP contribution < -0.4 is 5.32 Å². The Morgan fingerprint density at radius 2 is 1.93 bits per heavy atom. The monoisotopic (exact) mass is 396 g/mol. The zero-order chi connectivity index (χ0) is 19.5. The predicted molar refractivity (Wildman–Crippen MR) is 108 cm³/mol. The summed E-state index contributed by atoms with van der Waals surface area (Å²) >= 11 is 6.17. The molecule has 2 heterocycles. The van der Waals surface area contributed by atoms with Crippen molar-refractivity contribution in [3.8, 4) is 11.4 Å². The second-order valence-electron chi connectivity index (χ2n) is 7.00. The van der Waals surface area contributed by atoms with Gasteiger partial charge in [0.2, 0.25) is 11.7 Å². The van der Waals surface area contributed by atoms with Crippen molar-refractivity contribution in [1.29, 1.82) is 0 Å². The fourth-order valence-electron chi connectivity index (χ4n) is 3.36. The van der Waals surface area contributed by atoms with Crippen molar-refractivity contribution in [2.24, 2.45) is 0 Å². The third-order valence-electron chi connectivity index (χ3n) is 4.97. The first kappa shape index (κ1) is 18.5. The number of aryl methyl sites for hydroxylation is 1. The lowest BCUT2D eigenvalue weighted by Gasteiger charge is -2.30. The average Bonchev–Trinajstić information content (AvgIpc) is 3.22. The van der Waals surface area contributed by atoms with Crippen LogP contribution >= 0.6 is 11.6 Å². The molecule has 1 saturated heterocycles. The van der Waals surface area contributed by atoms with Crippen LogP contribution in [0.1, 0.15) is 30.2 Å². The van der Waals surface area contributed by atoms with Crippen molar-refractivity contribution in [2.75, 3.05) is 18.4 Å². The number of nitrogens with zero attached hydrogens (tertiary/aromatic N) is 3. The minimum Gasteiger partial charge on any atom is -0.339 e. The number of carbonyl (C=O) groups excluding carboxylic acids is 1. The molecule has 4 rings (SSSR count). The van der Waals surface area contributed by atoms with Crippen LogP contribution in [0.2, 0.25) is 5.02 Å². The van der Waals surface area contributed by atoms with E-state index in [1.165, 1.54) is 0 Å². The highest BCUT2D eigenvalue weighted by atomic mass is 35.5. The van der Waals surface area contributed by atoms with Gasteiger partial charge in [-0.3, -0.25) is 0 Å². The Labute approximate surface area is 168 Å². The maximum atomic E-state index is 12.6. The summed E-state index contributed by atoms with van der Waals surface area (Å²) in [6.45, 7) is 3.22. The maximum Gasteiger partial charge on any atom is 0.321 e. The van der Waals surface area contributed by atoms with Crippen LogP contribution in [0.4, 0.5) is 10.5 Å². The molecule has 1 fully saturated rings. The minimum atomic E-state index is -0.138. The van der Waals surface area contributed by atoms with Gasteiger partial charge >= 0.3 is 6.03 Å². The topological polar surface area (TPSA) is 71.3 Å². The van der Waals surface area contributed by atoms with E-state index in [1.54, 1.807) is 11.0 Å². The van der Waals surface area contributed by atoms with Crippen LogP contribution in [0.3, 0.4) is 0 Å². The van der Waals surface area contributed by atoms with Gasteiger partial charge in [0.05, 0.1) is 10.7 Å². The number of aromatic nitrogens is 2. The molecule has 0 radical (unpaired) electrons. The Hall–Kier alpha value is -2.86. The van der Waals surface area contributed by atoms with E-state index in [2.05, 4.69) is 15.5 Å². The van der Waals surface area contributed by atoms with Crippen molar-refractivity contribution < 1.29 is 9.32 Å². The van der Waals surface area contributed by atoms with E-state index in [-0.39, 0.29) is 11.9 Å². The van der Waals surface area contributed by atoms with E-state index in [4.69, 9.17) is 16.1 Å². The number of nitrogens with one attached hydrogen (secondary N) is 1. The van der Waals surface area contributed by atoms with Gasteiger partial charge in [0.15, 0.2) is 0 Å². The number of carbonyl (C=O) groups is 1. The largest absolute Gasteiger partial charge is 0.339 e. The van der Waals surface area contributed by atoms with Crippen LogP contribution in [-0.4, -0.2) is 34.2 Å².